The minimum atomic E-state index is -0.439. The van der Waals surface area contributed by atoms with Crippen LogP contribution in [0.4, 0.5) is 8.78 Å². The lowest BCUT2D eigenvalue weighted by molar-refractivity contribution is -0.123. The maximum Gasteiger partial charge on any atom is 0.245 e. The van der Waals surface area contributed by atoms with E-state index in [4.69, 9.17) is 16.3 Å². The van der Waals surface area contributed by atoms with Gasteiger partial charge in [-0.05, 0) is 65.1 Å². The summed E-state index contributed by atoms with van der Waals surface area (Å²) < 4.78 is 35.5. The average molecular weight is 565 g/mol. The summed E-state index contributed by atoms with van der Waals surface area (Å²) >= 11 is 6.46. The first kappa shape index (κ1) is 29.0. The molecule has 2 N–H and O–H groups in total. The molecule has 40 heavy (non-hydrogen) atoms. The molecule has 0 aliphatic rings. The van der Waals surface area contributed by atoms with Crippen LogP contribution >= 0.6 is 11.6 Å². The molecule has 0 fully saturated rings. The lowest BCUT2D eigenvalue weighted by Gasteiger charge is -2.18. The molecule has 9 heteroatoms. The molecular formula is C31H31ClF2N4O2. The Balaban J connectivity index is 1.59. The summed E-state index contributed by atoms with van der Waals surface area (Å²) in [4.78, 5) is 13.1. The molecule has 0 saturated heterocycles. The third-order valence-corrected chi connectivity index (χ3v) is 6.71. The molecule has 0 aliphatic carbocycles. The maximum atomic E-state index is 15.8. The summed E-state index contributed by atoms with van der Waals surface area (Å²) in [6.07, 6.45) is 5.28. The molecule has 0 bridgehead atoms. The molecule has 3 aromatic carbocycles. The molecule has 0 saturated carbocycles. The van der Waals surface area contributed by atoms with Crippen LogP contribution in [-0.4, -0.2) is 54.8 Å². The third-order valence-electron chi connectivity index (χ3n) is 6.39. The highest BCUT2D eigenvalue weighted by Crippen LogP contribution is 2.39. The summed E-state index contributed by atoms with van der Waals surface area (Å²) in [6.45, 7) is 3.52. The monoisotopic (exact) mass is 564 g/mol. The predicted molar refractivity (Wildman–Crippen MR) is 156 cm³/mol. The van der Waals surface area contributed by atoms with Crippen LogP contribution in [0.2, 0.25) is 5.02 Å². The molecule has 1 amide bonds. The van der Waals surface area contributed by atoms with Gasteiger partial charge in [0, 0.05) is 38.8 Å². The third kappa shape index (κ3) is 6.76. The largest absolute Gasteiger partial charge is 0.492 e. The summed E-state index contributed by atoms with van der Waals surface area (Å²) in [5, 5.41) is 10.6. The minimum Gasteiger partial charge on any atom is -0.492 e. The van der Waals surface area contributed by atoms with E-state index in [0.717, 1.165) is 11.1 Å². The Labute approximate surface area is 237 Å². The highest BCUT2D eigenvalue weighted by Gasteiger charge is 2.20. The Bertz CT molecular complexity index is 1540. The second-order valence-electron chi connectivity index (χ2n) is 9.30. The Morgan fingerprint density at radius 3 is 2.55 bits per heavy atom. The molecule has 0 atom stereocenters. The van der Waals surface area contributed by atoms with Crippen molar-refractivity contribution < 1.29 is 18.3 Å². The number of hydrogen-bond acceptors (Lipinski definition) is 4. The molecule has 0 radical (unpaired) electrons. The van der Waals surface area contributed by atoms with Crippen molar-refractivity contribution in [2.24, 2.45) is 0 Å². The van der Waals surface area contributed by atoms with E-state index in [2.05, 4.69) is 15.5 Å². The van der Waals surface area contributed by atoms with Gasteiger partial charge in [-0.15, -0.1) is 0 Å². The van der Waals surface area contributed by atoms with Gasteiger partial charge in [0.15, 0.2) is 0 Å². The zero-order chi connectivity index (χ0) is 28.6. The topological polar surface area (TPSA) is 70.2 Å². The highest BCUT2D eigenvalue weighted by atomic mass is 35.5. The van der Waals surface area contributed by atoms with Crippen molar-refractivity contribution in [3.63, 3.8) is 0 Å². The molecular weight excluding hydrogens is 534 g/mol. The zero-order valence-electron chi connectivity index (χ0n) is 22.6. The van der Waals surface area contributed by atoms with Gasteiger partial charge in [-0.2, -0.15) is 5.10 Å². The fourth-order valence-electron chi connectivity index (χ4n) is 4.36. The number of likely N-dealkylation sites (N-methyl/N-ethyl adjacent to an activating group) is 1. The molecule has 0 aliphatic heterocycles. The van der Waals surface area contributed by atoms with Crippen LogP contribution in [-0.2, 0) is 4.79 Å². The number of nitrogens with one attached hydrogen (secondary N) is 2. The van der Waals surface area contributed by atoms with Crippen molar-refractivity contribution in [1.82, 2.24) is 20.4 Å². The molecule has 0 unspecified atom stereocenters. The van der Waals surface area contributed by atoms with Gasteiger partial charge >= 0.3 is 0 Å². The highest BCUT2D eigenvalue weighted by molar-refractivity contribution is 6.32. The summed E-state index contributed by atoms with van der Waals surface area (Å²) in [7, 11) is 3.40. The van der Waals surface area contributed by atoms with Gasteiger partial charge in [-0.25, -0.2) is 8.78 Å². The number of hydrogen-bond donors (Lipinski definition) is 2. The van der Waals surface area contributed by atoms with Crippen LogP contribution in [0.1, 0.15) is 30.0 Å². The second kappa shape index (κ2) is 13.4. The van der Waals surface area contributed by atoms with E-state index in [1.165, 1.54) is 29.3 Å². The number of amides is 1. The van der Waals surface area contributed by atoms with Crippen LogP contribution < -0.4 is 10.1 Å². The molecule has 208 valence electrons. The number of aromatic amines is 1. The van der Waals surface area contributed by atoms with Gasteiger partial charge in [-0.3, -0.25) is 9.89 Å². The molecule has 4 rings (SSSR count). The molecule has 4 aromatic rings. The number of fused-ring (bicyclic) bond motifs is 1. The normalized spacial score (nSPS) is 12.2. The number of carbonyl (C=O) groups is 1. The molecule has 6 nitrogen and oxygen atoms in total. The first-order valence-electron chi connectivity index (χ1n) is 12.9. The maximum absolute atomic E-state index is 15.8. The lowest BCUT2D eigenvalue weighted by atomic mass is 9.87. The van der Waals surface area contributed by atoms with Crippen molar-refractivity contribution in [3.8, 4) is 5.75 Å². The number of aromatic nitrogens is 2. The van der Waals surface area contributed by atoms with E-state index in [1.807, 2.05) is 31.2 Å². The fraction of sp³-hybridized carbons (Fsp3) is 0.226. The quantitative estimate of drug-likeness (QED) is 0.124. The smallest absolute Gasteiger partial charge is 0.245 e. The van der Waals surface area contributed by atoms with Crippen molar-refractivity contribution >= 4 is 39.6 Å². The standard InChI is InChI=1S/C31H31ClF2N4O2/c1-4-23(24-12-9-21(33)18-27(24)32)30(25-13-14-28-26(31(25)34)19-36-37-28)20-7-10-22(11-8-20)40-17-16-35-15-5-6-29(39)38(2)3/h5-14,18-19,35H,4,15-17H2,1-3H3,(H,36,37). The van der Waals surface area contributed by atoms with E-state index in [9.17, 15) is 9.18 Å². The number of nitrogens with zero attached hydrogens (tertiary/aromatic N) is 2. The van der Waals surface area contributed by atoms with Crippen LogP contribution in [0, 0.1) is 11.6 Å². The number of carbonyl (C=O) groups excluding carboxylic acids is 1. The van der Waals surface area contributed by atoms with Crippen LogP contribution in [0.5, 0.6) is 5.75 Å². The lowest BCUT2D eigenvalue weighted by Crippen LogP contribution is -2.22. The van der Waals surface area contributed by atoms with Crippen molar-refractivity contribution in [2.75, 3.05) is 33.8 Å². The van der Waals surface area contributed by atoms with E-state index in [-0.39, 0.29) is 10.9 Å². The van der Waals surface area contributed by atoms with Gasteiger partial charge in [0.25, 0.3) is 0 Å². The Hall–Kier alpha value is -4.01. The first-order chi connectivity index (χ1) is 19.3. The number of halogens is 3. The zero-order valence-corrected chi connectivity index (χ0v) is 23.4. The SMILES string of the molecule is CCC(=C(c1ccc(OCCNCC=CC(=O)N(C)C)cc1)c1ccc2[nH]ncc2c1F)c1ccc(F)cc1Cl. The predicted octanol–water partition coefficient (Wildman–Crippen LogP) is 6.48. The number of H-pyrrole nitrogens is 1. The van der Waals surface area contributed by atoms with E-state index in [0.29, 0.717) is 59.5 Å². The summed E-state index contributed by atoms with van der Waals surface area (Å²) in [6, 6.07) is 15.2. The van der Waals surface area contributed by atoms with Crippen LogP contribution in [0.25, 0.3) is 22.0 Å². The summed E-state index contributed by atoms with van der Waals surface area (Å²) in [5.74, 6) is -0.250. The van der Waals surface area contributed by atoms with Crippen LogP contribution in [0.3, 0.4) is 0 Å². The van der Waals surface area contributed by atoms with Gasteiger partial charge in [0.1, 0.15) is 24.0 Å². The van der Waals surface area contributed by atoms with E-state index < -0.39 is 11.6 Å². The molecule has 1 heterocycles. The molecule has 1 aromatic heterocycles. The van der Waals surface area contributed by atoms with Gasteiger partial charge < -0.3 is 15.0 Å². The average Bonchev–Trinajstić information content (AvgIpc) is 3.43. The second-order valence-corrected chi connectivity index (χ2v) is 9.71. The molecule has 0 spiro atoms. The Morgan fingerprint density at radius 1 is 1.10 bits per heavy atom. The number of rotatable bonds is 11. The minimum absolute atomic E-state index is 0.0657. The van der Waals surface area contributed by atoms with Gasteiger partial charge in [0.05, 0.1) is 22.1 Å². The number of benzene rings is 3. The van der Waals surface area contributed by atoms with Crippen LogP contribution in [0.15, 0.2) is 72.9 Å². The van der Waals surface area contributed by atoms with Crippen molar-refractivity contribution in [2.45, 2.75) is 13.3 Å². The van der Waals surface area contributed by atoms with Crippen molar-refractivity contribution in [1.29, 1.82) is 0 Å². The van der Waals surface area contributed by atoms with Crippen molar-refractivity contribution in [3.05, 3.63) is 106 Å². The van der Waals surface area contributed by atoms with Gasteiger partial charge in [-0.1, -0.05) is 42.8 Å². The fourth-order valence-corrected chi connectivity index (χ4v) is 4.64. The first-order valence-corrected chi connectivity index (χ1v) is 13.3. The Kier molecular flexibility index (Phi) is 9.69. The Morgan fingerprint density at radius 2 is 1.85 bits per heavy atom. The number of ether oxygens (including phenoxy) is 1. The summed E-state index contributed by atoms with van der Waals surface area (Å²) in [5.41, 5.74) is 3.83. The van der Waals surface area contributed by atoms with E-state index in [1.54, 1.807) is 38.4 Å². The number of allylic oxidation sites excluding steroid dienone is 1. The van der Waals surface area contributed by atoms with Gasteiger partial charge in [0.2, 0.25) is 5.91 Å². The van der Waals surface area contributed by atoms with E-state index >= 15 is 4.39 Å².